The average molecular weight is 424 g/mol. The van der Waals surface area contributed by atoms with Gasteiger partial charge in [0.15, 0.2) is 18.3 Å². The number of carbonyl (C=O) groups is 2. The second kappa shape index (κ2) is 9.30. The van der Waals surface area contributed by atoms with E-state index in [4.69, 9.17) is 10.5 Å². The number of rotatable bonds is 6. The van der Waals surface area contributed by atoms with Crippen molar-refractivity contribution >= 4 is 17.6 Å². The van der Waals surface area contributed by atoms with Crippen molar-refractivity contribution in [2.75, 3.05) is 20.3 Å². The van der Waals surface area contributed by atoms with Gasteiger partial charge in [-0.3, -0.25) is 19.5 Å². The molecule has 3 heterocycles. The first-order valence-corrected chi connectivity index (χ1v) is 9.39. The number of hydrogen-bond acceptors (Lipinski definition) is 8. The first kappa shape index (κ1) is 21.8. The number of alkyl halides is 1. The Kier molecular flexibility index (Phi) is 6.55. The first-order valence-electron chi connectivity index (χ1n) is 9.39. The van der Waals surface area contributed by atoms with Gasteiger partial charge in [0.25, 0.3) is 0 Å². The number of Topliss-reactive ketones (excluding diaryl/α,β-unsaturated/α-hetero) is 1. The van der Waals surface area contributed by atoms with Crippen LogP contribution in [0, 0.1) is 11.8 Å². The minimum Gasteiger partial charge on any atom is -0.463 e. The van der Waals surface area contributed by atoms with E-state index in [0.717, 1.165) is 0 Å². The maximum Gasteiger partial charge on any atom is 0.233 e. The van der Waals surface area contributed by atoms with Crippen LogP contribution < -0.4 is 10.5 Å². The number of nitrogens with zero attached hydrogens (tertiary/aromatic N) is 5. The summed E-state index contributed by atoms with van der Waals surface area (Å²) >= 11 is 0. The molecule has 2 N–H and O–H groups in total. The van der Waals surface area contributed by atoms with Crippen LogP contribution in [-0.2, 0) is 16.8 Å². The summed E-state index contributed by atoms with van der Waals surface area (Å²) in [5.41, 5.74) is 6.36. The molecule has 0 spiro atoms. The van der Waals surface area contributed by atoms with Crippen molar-refractivity contribution in [2.45, 2.75) is 25.3 Å². The van der Waals surface area contributed by atoms with Gasteiger partial charge in [0.1, 0.15) is 17.9 Å². The molecule has 1 atom stereocenters. The molecule has 0 radical (unpaired) electrons. The SMILES string of the molecule is CN1C(=O)CC(C)(c2cc(CC(=O)c3cnc(OCC#CCF)cn3)ccn2)N=C1N. The lowest BCUT2D eigenvalue weighted by atomic mass is 9.90. The zero-order chi connectivity index (χ0) is 22.4. The van der Waals surface area contributed by atoms with Gasteiger partial charge in [0.05, 0.1) is 24.5 Å². The lowest BCUT2D eigenvalue weighted by Crippen LogP contribution is -2.47. The maximum atomic E-state index is 12.6. The quantitative estimate of drug-likeness (QED) is 0.543. The third kappa shape index (κ3) is 5.19. The summed E-state index contributed by atoms with van der Waals surface area (Å²) in [4.78, 5) is 42.9. The van der Waals surface area contributed by atoms with E-state index in [0.29, 0.717) is 11.3 Å². The Bertz CT molecular complexity index is 1080. The van der Waals surface area contributed by atoms with Gasteiger partial charge in [-0.15, -0.1) is 0 Å². The van der Waals surface area contributed by atoms with Crippen molar-refractivity contribution < 1.29 is 18.7 Å². The van der Waals surface area contributed by atoms with Crippen LogP contribution in [0.3, 0.4) is 0 Å². The second-order valence-electron chi connectivity index (χ2n) is 7.04. The van der Waals surface area contributed by atoms with E-state index in [9.17, 15) is 14.0 Å². The number of aliphatic imine (C=N–C) groups is 1. The molecule has 1 aliphatic rings. The fourth-order valence-electron chi connectivity index (χ4n) is 2.95. The van der Waals surface area contributed by atoms with Crippen LogP contribution in [-0.4, -0.2) is 57.8 Å². The molecule has 31 heavy (non-hydrogen) atoms. The molecule has 1 unspecified atom stereocenters. The summed E-state index contributed by atoms with van der Waals surface area (Å²) in [6.07, 6.45) is 4.38. The van der Waals surface area contributed by atoms with Gasteiger partial charge in [0, 0.05) is 19.7 Å². The molecule has 0 bridgehead atoms. The number of halogens is 1. The van der Waals surface area contributed by atoms with Crippen LogP contribution in [0.15, 0.2) is 35.7 Å². The predicted octanol–water partition coefficient (Wildman–Crippen LogP) is 1.04. The number of ether oxygens (including phenoxy) is 1. The molecule has 0 fully saturated rings. The third-order valence-electron chi connectivity index (χ3n) is 4.71. The zero-order valence-corrected chi connectivity index (χ0v) is 17.1. The average Bonchev–Trinajstić information content (AvgIpc) is 2.75. The number of carbonyl (C=O) groups excluding carboxylic acids is 2. The van der Waals surface area contributed by atoms with E-state index in [2.05, 4.69) is 31.8 Å². The Morgan fingerprint density at radius 2 is 2.13 bits per heavy atom. The smallest absolute Gasteiger partial charge is 0.233 e. The molecule has 10 heteroatoms. The van der Waals surface area contributed by atoms with Crippen LogP contribution >= 0.6 is 0 Å². The van der Waals surface area contributed by atoms with Gasteiger partial charge in [-0.25, -0.2) is 19.4 Å². The number of hydrogen-bond donors (Lipinski definition) is 1. The van der Waals surface area contributed by atoms with Crippen molar-refractivity contribution in [1.29, 1.82) is 0 Å². The lowest BCUT2D eigenvalue weighted by molar-refractivity contribution is -0.128. The van der Waals surface area contributed by atoms with E-state index < -0.39 is 12.2 Å². The third-order valence-corrected chi connectivity index (χ3v) is 4.71. The summed E-state index contributed by atoms with van der Waals surface area (Å²) in [7, 11) is 1.57. The highest BCUT2D eigenvalue weighted by Gasteiger charge is 2.37. The topological polar surface area (TPSA) is 124 Å². The largest absolute Gasteiger partial charge is 0.463 e. The van der Waals surface area contributed by atoms with Crippen molar-refractivity contribution in [1.82, 2.24) is 19.9 Å². The highest BCUT2D eigenvalue weighted by molar-refractivity contribution is 5.98. The molecular weight excluding hydrogens is 403 g/mol. The molecule has 0 saturated heterocycles. The van der Waals surface area contributed by atoms with Gasteiger partial charge in [-0.2, -0.15) is 0 Å². The number of aromatic nitrogens is 3. The number of nitrogens with two attached hydrogens (primary N) is 1. The molecule has 2 aromatic rings. The molecule has 160 valence electrons. The Labute approximate surface area is 178 Å². The predicted molar refractivity (Wildman–Crippen MR) is 110 cm³/mol. The van der Waals surface area contributed by atoms with E-state index in [1.165, 1.54) is 17.3 Å². The first-order chi connectivity index (χ1) is 14.8. The monoisotopic (exact) mass is 424 g/mol. The van der Waals surface area contributed by atoms with Crippen LogP contribution in [0.1, 0.15) is 35.1 Å². The summed E-state index contributed by atoms with van der Waals surface area (Å²) in [5, 5.41) is 0. The molecule has 0 saturated carbocycles. The Hall–Kier alpha value is -3.87. The second-order valence-corrected chi connectivity index (χ2v) is 7.04. The van der Waals surface area contributed by atoms with Gasteiger partial charge in [0.2, 0.25) is 11.8 Å². The number of guanidine groups is 1. The van der Waals surface area contributed by atoms with Crippen LogP contribution in [0.25, 0.3) is 0 Å². The molecule has 0 aliphatic carbocycles. The molecule has 2 aromatic heterocycles. The lowest BCUT2D eigenvalue weighted by Gasteiger charge is -2.32. The standard InChI is InChI=1S/C21H21FN6O3/c1-21(11-19(30)28(2)20(23)27-21)17-10-14(5-7-24-17)9-16(29)15-12-26-18(13-25-15)31-8-4-3-6-22/h5,7,10,12-13H,6,8-9,11H2,1-2H3,(H2,23,27). The van der Waals surface area contributed by atoms with E-state index in [1.807, 2.05) is 0 Å². The number of ketones is 1. The molecule has 0 aromatic carbocycles. The van der Waals surface area contributed by atoms with Crippen molar-refractivity contribution in [2.24, 2.45) is 10.7 Å². The summed E-state index contributed by atoms with van der Waals surface area (Å²) in [6, 6.07) is 3.45. The summed E-state index contributed by atoms with van der Waals surface area (Å²) < 4.78 is 17.1. The normalized spacial score (nSPS) is 18.1. The number of amides is 1. The summed E-state index contributed by atoms with van der Waals surface area (Å²) in [5.74, 6) is 4.59. The van der Waals surface area contributed by atoms with Gasteiger partial charge in [-0.1, -0.05) is 11.8 Å². The van der Waals surface area contributed by atoms with Crippen molar-refractivity contribution in [3.63, 3.8) is 0 Å². The van der Waals surface area contributed by atoms with Gasteiger partial charge >= 0.3 is 0 Å². The van der Waals surface area contributed by atoms with E-state index in [1.54, 1.807) is 32.3 Å². The van der Waals surface area contributed by atoms with Crippen LogP contribution in [0.2, 0.25) is 0 Å². The molecule has 9 nitrogen and oxygen atoms in total. The zero-order valence-electron chi connectivity index (χ0n) is 17.1. The van der Waals surface area contributed by atoms with Crippen molar-refractivity contribution in [3.8, 4) is 17.7 Å². The fourth-order valence-corrected chi connectivity index (χ4v) is 2.95. The van der Waals surface area contributed by atoms with E-state index >= 15 is 0 Å². The van der Waals surface area contributed by atoms with Crippen LogP contribution in [0.4, 0.5) is 4.39 Å². The molecule has 1 aliphatic heterocycles. The van der Waals surface area contributed by atoms with Crippen molar-refractivity contribution in [3.05, 3.63) is 47.7 Å². The maximum absolute atomic E-state index is 12.6. The minimum atomic E-state index is -0.906. The molecular formula is C21H21FN6O3. The Balaban J connectivity index is 1.71. The molecule has 1 amide bonds. The molecule has 3 rings (SSSR count). The Morgan fingerprint density at radius 3 is 2.81 bits per heavy atom. The Morgan fingerprint density at radius 1 is 1.32 bits per heavy atom. The highest BCUT2D eigenvalue weighted by atomic mass is 19.1. The van der Waals surface area contributed by atoms with Crippen LogP contribution in [0.5, 0.6) is 5.88 Å². The number of pyridine rings is 1. The van der Waals surface area contributed by atoms with Gasteiger partial charge < -0.3 is 10.5 Å². The fraction of sp³-hybridized carbons (Fsp3) is 0.333. The summed E-state index contributed by atoms with van der Waals surface area (Å²) in [6.45, 7) is 1.02. The van der Waals surface area contributed by atoms with E-state index in [-0.39, 0.29) is 48.7 Å². The van der Waals surface area contributed by atoms with Gasteiger partial charge in [-0.05, 0) is 24.6 Å². The minimum absolute atomic E-state index is 0.0181. The highest BCUT2D eigenvalue weighted by Crippen LogP contribution is 2.31.